The molecule has 3 aromatic rings. The zero-order valence-corrected chi connectivity index (χ0v) is 19.0. The van der Waals surface area contributed by atoms with Crippen LogP contribution in [0, 0.1) is 12.0 Å². The van der Waals surface area contributed by atoms with Gasteiger partial charge in [-0.3, -0.25) is 4.79 Å². The van der Waals surface area contributed by atoms with Crippen LogP contribution in [-0.4, -0.2) is 41.2 Å². The lowest BCUT2D eigenvalue weighted by atomic mass is 9.78. The molecule has 3 heterocycles. The Labute approximate surface area is 200 Å². The zero-order chi connectivity index (χ0) is 23.9. The van der Waals surface area contributed by atoms with Gasteiger partial charge in [0, 0.05) is 42.0 Å². The van der Waals surface area contributed by atoms with Gasteiger partial charge in [0.25, 0.3) is 5.91 Å². The third kappa shape index (κ3) is 4.57. The highest BCUT2D eigenvalue weighted by molar-refractivity contribution is 7.18. The molecule has 1 amide bonds. The fourth-order valence-electron chi connectivity index (χ4n) is 5.08. The normalized spacial score (nSPS) is 19.2. The molecule has 5 rings (SSSR count). The Hall–Kier alpha value is -3.19. The molecule has 0 bridgehead atoms. The van der Waals surface area contributed by atoms with E-state index in [1.54, 1.807) is 30.3 Å². The molecule has 2 aliphatic rings. The highest BCUT2D eigenvalue weighted by Crippen LogP contribution is 2.48. The summed E-state index contributed by atoms with van der Waals surface area (Å²) in [5.41, 5.74) is 1.55. The van der Waals surface area contributed by atoms with Gasteiger partial charge < -0.3 is 15.1 Å². The van der Waals surface area contributed by atoms with E-state index in [-0.39, 0.29) is 23.7 Å². The summed E-state index contributed by atoms with van der Waals surface area (Å²) in [6.07, 6.45) is -1.06. The first-order valence-corrected chi connectivity index (χ1v) is 11.8. The van der Waals surface area contributed by atoms with Crippen LogP contribution in [0.15, 0.2) is 36.7 Å². The van der Waals surface area contributed by atoms with E-state index in [2.05, 4.69) is 25.0 Å². The van der Waals surface area contributed by atoms with Crippen LogP contribution in [0.3, 0.4) is 0 Å². The van der Waals surface area contributed by atoms with Gasteiger partial charge in [-0.2, -0.15) is 13.2 Å². The maximum absolute atomic E-state index is 12.8. The number of carbonyl (C=O) groups excluding carboxylic acids is 1. The molecule has 1 aliphatic heterocycles. The van der Waals surface area contributed by atoms with Crippen molar-refractivity contribution in [2.24, 2.45) is 5.41 Å². The molecule has 1 aromatic carbocycles. The van der Waals surface area contributed by atoms with E-state index in [0.29, 0.717) is 28.1 Å². The second-order valence-electron chi connectivity index (χ2n) is 9.20. The molecule has 1 saturated heterocycles. The monoisotopic (exact) mass is 487 g/mol. The summed E-state index contributed by atoms with van der Waals surface area (Å²) < 4.78 is 38.4. The molecule has 10 heteroatoms. The van der Waals surface area contributed by atoms with Crippen LogP contribution >= 0.6 is 11.3 Å². The van der Waals surface area contributed by atoms with Crippen molar-refractivity contribution in [3.63, 3.8) is 0 Å². The summed E-state index contributed by atoms with van der Waals surface area (Å²) in [4.78, 5) is 27.4. The van der Waals surface area contributed by atoms with Crippen LogP contribution in [0.25, 0.3) is 15.1 Å². The van der Waals surface area contributed by atoms with Crippen molar-refractivity contribution < 1.29 is 19.4 Å². The first-order chi connectivity index (χ1) is 16.2. The van der Waals surface area contributed by atoms with Crippen molar-refractivity contribution >= 4 is 33.3 Å². The third-order valence-electron chi connectivity index (χ3n) is 6.60. The summed E-state index contributed by atoms with van der Waals surface area (Å²) in [5, 5.41) is 3.80. The van der Waals surface area contributed by atoms with Crippen LogP contribution in [0.1, 0.15) is 41.5 Å². The molecule has 1 spiro atoms. The van der Waals surface area contributed by atoms with Crippen molar-refractivity contribution in [1.29, 1.82) is 0 Å². The first-order valence-electron chi connectivity index (χ1n) is 11.0. The molecule has 2 aromatic heterocycles. The van der Waals surface area contributed by atoms with E-state index in [9.17, 15) is 18.0 Å². The van der Waals surface area contributed by atoms with E-state index in [1.165, 1.54) is 6.33 Å². The molecular weight excluding hydrogens is 463 g/mol. The highest BCUT2D eigenvalue weighted by Gasteiger charge is 2.49. The summed E-state index contributed by atoms with van der Waals surface area (Å²) in [6.45, 7) is 8.76. The smallest absolute Gasteiger partial charge is 0.355 e. The average Bonchev–Trinajstić information content (AvgIpc) is 3.36. The molecule has 1 saturated carbocycles. The van der Waals surface area contributed by atoms with Crippen LogP contribution < -0.4 is 10.2 Å². The predicted molar refractivity (Wildman–Crippen MR) is 126 cm³/mol. The lowest BCUT2D eigenvalue weighted by Crippen LogP contribution is -2.56. The lowest BCUT2D eigenvalue weighted by Gasteiger charge is -2.49. The highest BCUT2D eigenvalue weighted by atomic mass is 32.1. The number of amides is 1. The van der Waals surface area contributed by atoms with Crippen molar-refractivity contribution in [3.8, 4) is 0 Å². The number of thiophene rings is 1. The number of carbonyl (C=O) groups is 1. The van der Waals surface area contributed by atoms with Gasteiger partial charge in [-0.05, 0) is 37.5 Å². The molecule has 1 N–H and O–H groups in total. The van der Waals surface area contributed by atoms with Crippen molar-refractivity contribution in [3.05, 3.63) is 64.1 Å². The molecule has 2 fully saturated rings. The summed E-state index contributed by atoms with van der Waals surface area (Å²) in [5.74, 6) is 0.577. The third-order valence-corrected chi connectivity index (χ3v) is 7.64. The minimum absolute atomic E-state index is 0. The van der Waals surface area contributed by atoms with Crippen LogP contribution in [0.2, 0.25) is 0 Å². The van der Waals surface area contributed by atoms with Crippen molar-refractivity contribution in [1.82, 2.24) is 15.3 Å². The number of halogens is 3. The fraction of sp³-hybridized carbons (Fsp3) is 0.417. The second-order valence-corrected chi connectivity index (χ2v) is 10.3. The molecule has 0 radical (unpaired) electrons. The van der Waals surface area contributed by atoms with Crippen molar-refractivity contribution in [2.45, 2.75) is 44.4 Å². The van der Waals surface area contributed by atoms with E-state index in [1.807, 2.05) is 0 Å². The Morgan fingerprint density at radius 1 is 1.29 bits per heavy atom. The molecule has 34 heavy (non-hydrogen) atoms. The summed E-state index contributed by atoms with van der Waals surface area (Å²) in [7, 11) is 0. The average molecular weight is 488 g/mol. The topological polar surface area (TPSA) is 62.5 Å². The van der Waals surface area contributed by atoms with E-state index >= 15 is 0 Å². The minimum Gasteiger partial charge on any atom is -0.355 e. The fourth-order valence-corrected chi connectivity index (χ4v) is 6.10. The lowest BCUT2D eigenvalue weighted by molar-refractivity contribution is -0.126. The number of aromatic nitrogens is 2. The number of anilines is 1. The van der Waals surface area contributed by atoms with Gasteiger partial charge in [0.1, 0.15) is 17.0 Å². The minimum atomic E-state index is -4.25. The van der Waals surface area contributed by atoms with E-state index in [0.717, 1.165) is 49.3 Å². The summed E-state index contributed by atoms with van der Waals surface area (Å²) in [6, 6.07) is 8.76. The van der Waals surface area contributed by atoms with Crippen molar-refractivity contribution in [2.75, 3.05) is 18.0 Å². The second kappa shape index (κ2) is 8.55. The molecule has 1 atom stereocenters. The van der Waals surface area contributed by atoms with Gasteiger partial charge in [0.15, 0.2) is 0 Å². The maximum Gasteiger partial charge on any atom is 0.393 e. The zero-order valence-electron chi connectivity index (χ0n) is 18.2. The number of benzene rings is 1. The predicted octanol–water partition coefficient (Wildman–Crippen LogP) is 5.25. The quantitative estimate of drug-likeness (QED) is 0.500. The van der Waals surface area contributed by atoms with Crippen LogP contribution in [0.4, 0.5) is 19.0 Å². The molecule has 178 valence electrons. The standard InChI is InChI=1S/C24H22F3N5OS.H2/c1-28-11-15-2-4-16(5-3-15)21(33)31-17-6-7-23(9-17)12-32(13-23)20-19-8-18(10-24(25,26)27)34-22(19)30-14-29-20;/h2-5,8,14,17H,6-7,9-13H2,(H,31,33);1H. The number of alkyl halides is 3. The van der Waals surface area contributed by atoms with Gasteiger partial charge in [-0.1, -0.05) is 12.1 Å². The number of fused-ring (bicyclic) bond motifs is 1. The number of nitrogens with zero attached hydrogens (tertiary/aromatic N) is 4. The van der Waals surface area contributed by atoms with E-state index < -0.39 is 12.6 Å². The molecule has 1 unspecified atom stereocenters. The van der Waals surface area contributed by atoms with Gasteiger partial charge in [0.2, 0.25) is 6.54 Å². The Morgan fingerprint density at radius 3 is 2.76 bits per heavy atom. The number of hydrogen-bond acceptors (Lipinski definition) is 5. The Morgan fingerprint density at radius 2 is 2.06 bits per heavy atom. The van der Waals surface area contributed by atoms with Gasteiger partial charge in [-0.25, -0.2) is 16.5 Å². The Kier molecular flexibility index (Phi) is 5.68. The molecular formula is C24H24F3N5OS. The van der Waals surface area contributed by atoms with Gasteiger partial charge >= 0.3 is 6.18 Å². The van der Waals surface area contributed by atoms with Gasteiger partial charge in [0.05, 0.1) is 11.8 Å². The number of rotatable bonds is 5. The van der Waals surface area contributed by atoms with Crippen LogP contribution in [-0.2, 0) is 13.0 Å². The summed E-state index contributed by atoms with van der Waals surface area (Å²) >= 11 is 1.06. The van der Waals surface area contributed by atoms with E-state index in [4.69, 9.17) is 6.57 Å². The van der Waals surface area contributed by atoms with Crippen LogP contribution in [0.5, 0.6) is 0 Å². The first kappa shape index (κ1) is 22.6. The maximum atomic E-state index is 12.8. The Bertz CT molecular complexity index is 1260. The Balaban J connectivity index is 0.00000289. The molecule has 6 nitrogen and oxygen atoms in total. The van der Waals surface area contributed by atoms with Gasteiger partial charge in [-0.15, -0.1) is 11.3 Å². The SMILES string of the molecule is [C-]#[N+]Cc1ccc(C(=O)NC2CCC3(C2)CN(c2ncnc4sc(CC(F)(F)F)cc24)C3)cc1.[HH]. The number of nitrogens with one attached hydrogen (secondary N) is 1. The number of hydrogen-bond donors (Lipinski definition) is 1. The molecule has 1 aliphatic carbocycles. The largest absolute Gasteiger partial charge is 0.393 e.